The highest BCUT2D eigenvalue weighted by Gasteiger charge is 2.11. The third kappa shape index (κ3) is 2.82. The van der Waals surface area contributed by atoms with Gasteiger partial charge in [-0.15, -0.1) is 11.3 Å². The van der Waals surface area contributed by atoms with Gasteiger partial charge >= 0.3 is 0 Å². The van der Waals surface area contributed by atoms with E-state index in [1.165, 1.54) is 40.1 Å². The van der Waals surface area contributed by atoms with E-state index in [1.54, 1.807) is 0 Å². The van der Waals surface area contributed by atoms with Crippen LogP contribution in [-0.2, 0) is 19.5 Å². The maximum atomic E-state index is 3.58. The summed E-state index contributed by atoms with van der Waals surface area (Å²) in [4.78, 5) is 1.45. The normalized spacial score (nSPS) is 13.9. The standard InChI is InChI=1S/C16H20N2S/c1-12-7-9-19-16(12)11-17-10-13-4-2-6-15-14(13)5-3-8-18-15/h2,4,6-7,9,17-18H,3,5,8,10-11H2,1H3. The number of aryl methyl sites for hydroxylation is 1. The molecule has 2 nitrogen and oxygen atoms in total. The molecule has 3 heteroatoms. The first-order chi connectivity index (χ1) is 9.34. The second-order valence-corrected chi connectivity index (χ2v) is 6.10. The quantitative estimate of drug-likeness (QED) is 0.886. The molecule has 2 heterocycles. The minimum absolute atomic E-state index is 0.961. The molecule has 1 aromatic carbocycles. The number of hydrogen-bond acceptors (Lipinski definition) is 3. The fourth-order valence-electron chi connectivity index (χ4n) is 2.65. The highest BCUT2D eigenvalue weighted by Crippen LogP contribution is 2.25. The van der Waals surface area contributed by atoms with Crippen molar-refractivity contribution in [2.75, 3.05) is 11.9 Å². The highest BCUT2D eigenvalue weighted by atomic mass is 32.1. The molecule has 0 spiro atoms. The van der Waals surface area contributed by atoms with Crippen LogP contribution in [0.25, 0.3) is 0 Å². The first kappa shape index (κ1) is 12.7. The van der Waals surface area contributed by atoms with E-state index in [0.717, 1.165) is 19.6 Å². The van der Waals surface area contributed by atoms with Crippen LogP contribution in [0, 0.1) is 6.92 Å². The number of hydrogen-bond donors (Lipinski definition) is 2. The number of nitrogens with one attached hydrogen (secondary N) is 2. The summed E-state index contributed by atoms with van der Waals surface area (Å²) in [5.74, 6) is 0. The second kappa shape index (κ2) is 5.76. The Bertz CT molecular complexity index is 560. The second-order valence-electron chi connectivity index (χ2n) is 5.10. The Kier molecular flexibility index (Phi) is 3.85. The molecule has 0 unspecified atom stereocenters. The van der Waals surface area contributed by atoms with Crippen LogP contribution in [0.15, 0.2) is 29.6 Å². The molecule has 19 heavy (non-hydrogen) atoms. The summed E-state index contributed by atoms with van der Waals surface area (Å²) in [6, 6.07) is 8.79. The lowest BCUT2D eigenvalue weighted by molar-refractivity contribution is 0.687. The summed E-state index contributed by atoms with van der Waals surface area (Å²) < 4.78 is 0. The van der Waals surface area contributed by atoms with Crippen molar-refractivity contribution in [1.82, 2.24) is 5.32 Å². The maximum absolute atomic E-state index is 3.58. The van der Waals surface area contributed by atoms with Gasteiger partial charge in [0.1, 0.15) is 0 Å². The fourth-order valence-corrected chi connectivity index (χ4v) is 3.52. The lowest BCUT2D eigenvalue weighted by Gasteiger charge is -2.21. The summed E-state index contributed by atoms with van der Waals surface area (Å²) >= 11 is 1.84. The van der Waals surface area contributed by atoms with Crippen molar-refractivity contribution < 1.29 is 0 Å². The number of anilines is 1. The first-order valence-electron chi connectivity index (χ1n) is 6.93. The average Bonchev–Trinajstić information content (AvgIpc) is 2.85. The molecule has 2 aromatic rings. The van der Waals surface area contributed by atoms with E-state index in [2.05, 4.69) is 47.2 Å². The van der Waals surface area contributed by atoms with Crippen LogP contribution in [-0.4, -0.2) is 6.54 Å². The Labute approximate surface area is 118 Å². The van der Waals surface area contributed by atoms with Gasteiger partial charge in [-0.3, -0.25) is 0 Å². The predicted octanol–water partition coefficient (Wildman–Crippen LogP) is 3.70. The topological polar surface area (TPSA) is 24.1 Å². The number of fused-ring (bicyclic) bond motifs is 1. The summed E-state index contributed by atoms with van der Waals surface area (Å²) in [7, 11) is 0. The molecule has 0 saturated heterocycles. The lowest BCUT2D eigenvalue weighted by atomic mass is 9.97. The van der Waals surface area contributed by atoms with Crippen LogP contribution in [0.4, 0.5) is 5.69 Å². The maximum Gasteiger partial charge on any atom is 0.0375 e. The SMILES string of the molecule is Cc1ccsc1CNCc1cccc2c1CCCN2. The molecule has 1 aliphatic heterocycles. The van der Waals surface area contributed by atoms with Crippen molar-refractivity contribution in [2.45, 2.75) is 32.9 Å². The third-order valence-corrected chi connectivity index (χ3v) is 4.78. The summed E-state index contributed by atoms with van der Waals surface area (Å²) in [5.41, 5.74) is 5.68. The van der Waals surface area contributed by atoms with Crippen molar-refractivity contribution in [3.8, 4) is 0 Å². The molecule has 1 aliphatic rings. The molecule has 0 amide bonds. The molecule has 0 atom stereocenters. The number of rotatable bonds is 4. The van der Waals surface area contributed by atoms with Crippen molar-refractivity contribution in [3.05, 3.63) is 51.2 Å². The molecule has 0 saturated carbocycles. The molecule has 100 valence electrons. The van der Waals surface area contributed by atoms with Crippen molar-refractivity contribution in [1.29, 1.82) is 0 Å². The van der Waals surface area contributed by atoms with Gasteiger partial charge in [0.05, 0.1) is 0 Å². The minimum Gasteiger partial charge on any atom is -0.385 e. The van der Waals surface area contributed by atoms with Crippen LogP contribution in [0.3, 0.4) is 0 Å². The number of benzene rings is 1. The van der Waals surface area contributed by atoms with E-state index in [4.69, 9.17) is 0 Å². The Hall–Kier alpha value is -1.32. The van der Waals surface area contributed by atoms with E-state index in [9.17, 15) is 0 Å². The summed E-state index contributed by atoms with van der Waals surface area (Å²) in [6.45, 7) is 5.23. The zero-order chi connectivity index (χ0) is 13.1. The minimum atomic E-state index is 0.961. The van der Waals surface area contributed by atoms with Gasteiger partial charge in [0.2, 0.25) is 0 Å². The molecule has 1 aromatic heterocycles. The van der Waals surface area contributed by atoms with Gasteiger partial charge in [0.25, 0.3) is 0 Å². The van der Waals surface area contributed by atoms with Crippen molar-refractivity contribution in [3.63, 3.8) is 0 Å². The van der Waals surface area contributed by atoms with Crippen molar-refractivity contribution in [2.24, 2.45) is 0 Å². The number of thiophene rings is 1. The largest absolute Gasteiger partial charge is 0.385 e. The summed E-state index contributed by atoms with van der Waals surface area (Å²) in [6.07, 6.45) is 2.45. The van der Waals surface area contributed by atoms with E-state index in [0.29, 0.717) is 0 Å². The third-order valence-electron chi connectivity index (χ3n) is 3.76. The molecule has 2 N–H and O–H groups in total. The molecule has 0 bridgehead atoms. The molecule has 0 fully saturated rings. The Morgan fingerprint density at radius 2 is 2.21 bits per heavy atom. The van der Waals surface area contributed by atoms with E-state index < -0.39 is 0 Å². The fraction of sp³-hybridized carbons (Fsp3) is 0.375. The molecule has 0 aliphatic carbocycles. The molecular formula is C16H20N2S. The predicted molar refractivity (Wildman–Crippen MR) is 82.9 cm³/mol. The highest BCUT2D eigenvalue weighted by molar-refractivity contribution is 7.10. The van der Waals surface area contributed by atoms with E-state index >= 15 is 0 Å². The monoisotopic (exact) mass is 272 g/mol. The zero-order valence-corrected chi connectivity index (χ0v) is 12.1. The van der Waals surface area contributed by atoms with Crippen LogP contribution >= 0.6 is 11.3 Å². The Balaban J connectivity index is 1.66. The van der Waals surface area contributed by atoms with Gasteiger partial charge < -0.3 is 10.6 Å². The Morgan fingerprint density at radius 1 is 1.26 bits per heavy atom. The van der Waals surface area contributed by atoms with E-state index in [1.807, 2.05) is 11.3 Å². The molecule has 0 radical (unpaired) electrons. The van der Waals surface area contributed by atoms with Gasteiger partial charge in [-0.05, 0) is 54.0 Å². The van der Waals surface area contributed by atoms with Crippen LogP contribution in [0.5, 0.6) is 0 Å². The first-order valence-corrected chi connectivity index (χ1v) is 7.81. The molecular weight excluding hydrogens is 252 g/mol. The van der Waals surface area contributed by atoms with Crippen LogP contribution in [0.1, 0.15) is 28.0 Å². The lowest BCUT2D eigenvalue weighted by Crippen LogP contribution is -2.18. The molecule has 3 rings (SSSR count). The van der Waals surface area contributed by atoms with Crippen LogP contribution in [0.2, 0.25) is 0 Å². The average molecular weight is 272 g/mol. The van der Waals surface area contributed by atoms with Crippen LogP contribution < -0.4 is 10.6 Å². The van der Waals surface area contributed by atoms with Crippen molar-refractivity contribution >= 4 is 17.0 Å². The van der Waals surface area contributed by atoms with Gasteiger partial charge in [0, 0.05) is 30.2 Å². The smallest absolute Gasteiger partial charge is 0.0375 e. The van der Waals surface area contributed by atoms with Gasteiger partial charge in [-0.25, -0.2) is 0 Å². The zero-order valence-electron chi connectivity index (χ0n) is 11.3. The Morgan fingerprint density at radius 3 is 3.05 bits per heavy atom. The van der Waals surface area contributed by atoms with Gasteiger partial charge in [0.15, 0.2) is 0 Å². The van der Waals surface area contributed by atoms with Gasteiger partial charge in [-0.2, -0.15) is 0 Å². The summed E-state index contributed by atoms with van der Waals surface area (Å²) in [5, 5.41) is 9.24. The van der Waals surface area contributed by atoms with E-state index in [-0.39, 0.29) is 0 Å². The van der Waals surface area contributed by atoms with Gasteiger partial charge in [-0.1, -0.05) is 12.1 Å².